The standard InChI is InChI=1S/2C16H17N2O3.Ni/c2*1-16(2)8-11(19)13(12(20)9-16)14(17)18-15(21)10-6-4-3-5-7-10;/h2*3-7H,8-9H2,1-2H3,(H2-,17,18,19,20,21);/q2*-1;+2. The number of benzene rings is 2. The van der Waals surface area contributed by atoms with Crippen molar-refractivity contribution in [1.82, 2.24) is 10.6 Å². The Labute approximate surface area is 260 Å². The first-order valence-corrected chi connectivity index (χ1v) is 13.4. The zero-order chi connectivity index (χ0) is 31.2. The van der Waals surface area contributed by atoms with Gasteiger partial charge >= 0.3 is 16.5 Å². The van der Waals surface area contributed by atoms with Crippen LogP contribution in [0.15, 0.2) is 83.3 Å². The van der Waals surface area contributed by atoms with Gasteiger partial charge in [-0.2, -0.15) is 0 Å². The second-order valence-corrected chi connectivity index (χ2v) is 11.9. The van der Waals surface area contributed by atoms with E-state index in [1.165, 1.54) is 0 Å². The zero-order valence-corrected chi connectivity index (χ0v) is 25.3. The van der Waals surface area contributed by atoms with Crippen molar-refractivity contribution < 1.29 is 45.9 Å². The van der Waals surface area contributed by atoms with Crippen molar-refractivity contribution in [2.45, 2.75) is 53.4 Å². The molecule has 4 rings (SSSR count). The molecule has 0 unspecified atom stereocenters. The van der Waals surface area contributed by atoms with E-state index in [0.717, 1.165) is 0 Å². The fraction of sp³-hybridized carbons (Fsp3) is 0.312. The molecule has 0 bridgehead atoms. The Morgan fingerprint density at radius 2 is 0.930 bits per heavy atom. The molecule has 2 aliphatic rings. The third kappa shape index (κ3) is 9.31. The summed E-state index contributed by atoms with van der Waals surface area (Å²) >= 11 is 0. The number of carbonyl (C=O) groups excluding carboxylic acids is 4. The molecule has 228 valence electrons. The van der Waals surface area contributed by atoms with Crippen molar-refractivity contribution in [3.63, 3.8) is 0 Å². The second kappa shape index (κ2) is 14.2. The Balaban J connectivity index is 0.000000293. The molecule has 0 saturated carbocycles. The van der Waals surface area contributed by atoms with Crippen LogP contribution < -0.4 is 10.6 Å². The molecule has 0 radical (unpaired) electrons. The van der Waals surface area contributed by atoms with Crippen LogP contribution in [-0.2, 0) is 26.1 Å². The van der Waals surface area contributed by atoms with E-state index in [-0.39, 0.29) is 87.2 Å². The van der Waals surface area contributed by atoms with E-state index in [1.807, 2.05) is 27.7 Å². The molecule has 0 fully saturated rings. The average molecular weight is 629 g/mol. The van der Waals surface area contributed by atoms with Crippen molar-refractivity contribution >= 4 is 35.1 Å². The third-order valence-electron chi connectivity index (χ3n) is 6.71. The Morgan fingerprint density at radius 1 is 0.628 bits per heavy atom. The first-order chi connectivity index (χ1) is 19.6. The number of carbonyl (C=O) groups is 4. The van der Waals surface area contributed by atoms with Gasteiger partial charge in [0.05, 0.1) is 11.1 Å². The topological polar surface area (TPSA) is 177 Å². The molecule has 2 aliphatic carbocycles. The minimum Gasteiger partial charge on any atom is -0.512 e. The van der Waals surface area contributed by atoms with Gasteiger partial charge in [-0.3, -0.25) is 19.2 Å². The smallest absolute Gasteiger partial charge is 0.512 e. The largest absolute Gasteiger partial charge is 2.00 e. The van der Waals surface area contributed by atoms with Gasteiger partial charge in [-0.15, -0.1) is 0 Å². The number of nitrogens with zero attached hydrogens (tertiary/aromatic N) is 2. The third-order valence-corrected chi connectivity index (χ3v) is 6.71. The van der Waals surface area contributed by atoms with Crippen molar-refractivity contribution in [3.05, 3.63) is 105 Å². The maximum absolute atomic E-state index is 12.0. The van der Waals surface area contributed by atoms with Crippen LogP contribution in [0, 0.1) is 10.8 Å². The van der Waals surface area contributed by atoms with Crippen LogP contribution in [0.5, 0.6) is 0 Å². The Kier molecular flexibility index (Phi) is 11.5. The van der Waals surface area contributed by atoms with Gasteiger partial charge in [-0.1, -0.05) is 88.4 Å². The van der Waals surface area contributed by atoms with Gasteiger partial charge in [-0.05, 0) is 22.5 Å². The molecule has 0 aromatic heterocycles. The van der Waals surface area contributed by atoms with E-state index in [0.29, 0.717) is 11.1 Å². The van der Waals surface area contributed by atoms with Gasteiger partial charge in [0.25, 0.3) is 0 Å². The number of amidine groups is 2. The Hall–Kier alpha value is -4.37. The minimum atomic E-state index is -0.596. The van der Waals surface area contributed by atoms with Gasteiger partial charge in [0.2, 0.25) is 0 Å². The van der Waals surface area contributed by atoms with E-state index in [4.69, 9.17) is 0 Å². The number of hydrogen-bond donors (Lipinski definition) is 4. The number of nitrogens with one attached hydrogen (secondary N) is 2. The summed E-state index contributed by atoms with van der Waals surface area (Å²) in [4.78, 5) is 47.9. The maximum atomic E-state index is 12.0. The van der Waals surface area contributed by atoms with Crippen LogP contribution in [0.4, 0.5) is 0 Å². The molecule has 4 N–H and O–H groups in total. The summed E-state index contributed by atoms with van der Waals surface area (Å²) in [5, 5.41) is 44.3. The van der Waals surface area contributed by atoms with Crippen molar-refractivity contribution in [2.75, 3.05) is 0 Å². The van der Waals surface area contributed by atoms with Crippen LogP contribution in [-0.4, -0.2) is 45.3 Å². The summed E-state index contributed by atoms with van der Waals surface area (Å²) in [6.07, 6.45) is 0.966. The van der Waals surface area contributed by atoms with Gasteiger partial charge in [0.15, 0.2) is 23.4 Å². The number of aliphatic hydroxyl groups excluding tert-OH is 2. The minimum absolute atomic E-state index is 0. The molecule has 0 saturated heterocycles. The molecular formula is C32H34N4NiO6. The van der Waals surface area contributed by atoms with Crippen LogP contribution in [0.25, 0.3) is 10.8 Å². The fourth-order valence-corrected chi connectivity index (χ4v) is 4.78. The predicted molar refractivity (Wildman–Crippen MR) is 160 cm³/mol. The molecule has 11 heteroatoms. The molecule has 0 heterocycles. The van der Waals surface area contributed by atoms with E-state index < -0.39 is 23.5 Å². The number of Topliss-reactive ketones (excluding diaryl/α,β-unsaturated/α-hetero) is 2. The summed E-state index contributed by atoms with van der Waals surface area (Å²) in [5.41, 5.74) is -0.388. The number of ketones is 2. The van der Waals surface area contributed by atoms with Crippen LogP contribution in [0.2, 0.25) is 0 Å². The van der Waals surface area contributed by atoms with E-state index in [2.05, 4.69) is 10.6 Å². The molecule has 10 nitrogen and oxygen atoms in total. The monoisotopic (exact) mass is 628 g/mol. The van der Waals surface area contributed by atoms with Gasteiger partial charge in [0, 0.05) is 36.8 Å². The van der Waals surface area contributed by atoms with Crippen LogP contribution in [0.1, 0.15) is 74.1 Å². The molecule has 2 aromatic rings. The number of rotatable bonds is 4. The molecule has 0 spiro atoms. The van der Waals surface area contributed by atoms with Gasteiger partial charge in [0.1, 0.15) is 11.5 Å². The quantitative estimate of drug-likeness (QED) is 0.206. The van der Waals surface area contributed by atoms with Gasteiger partial charge in [-0.25, -0.2) is 0 Å². The SMILES string of the molecule is CC1(C)CC(=O)C(C(=[N-])NC(=O)c2ccccc2)=C(O)C1.CC1(C)CC(=O)C(C(=[N-])NC(=O)c2ccccc2)=C(O)C1.[Ni+2]. The van der Waals surface area contributed by atoms with Crippen LogP contribution >= 0.6 is 0 Å². The normalized spacial score (nSPS) is 17.1. The Bertz CT molecular complexity index is 1380. The van der Waals surface area contributed by atoms with Crippen molar-refractivity contribution in [3.8, 4) is 0 Å². The number of hydrogen-bond acceptors (Lipinski definition) is 6. The van der Waals surface area contributed by atoms with Crippen LogP contribution in [0.3, 0.4) is 0 Å². The summed E-state index contributed by atoms with van der Waals surface area (Å²) in [6.45, 7) is 7.43. The molecule has 43 heavy (non-hydrogen) atoms. The molecule has 2 amide bonds. The first-order valence-electron chi connectivity index (χ1n) is 13.4. The molecule has 0 atom stereocenters. The van der Waals surface area contributed by atoms with Crippen molar-refractivity contribution in [2.24, 2.45) is 10.8 Å². The second-order valence-electron chi connectivity index (χ2n) is 11.9. The summed E-state index contributed by atoms with van der Waals surface area (Å²) in [6, 6.07) is 16.6. The Morgan fingerprint density at radius 3 is 1.21 bits per heavy atom. The van der Waals surface area contributed by atoms with Crippen molar-refractivity contribution in [1.29, 1.82) is 0 Å². The van der Waals surface area contributed by atoms with E-state index in [9.17, 15) is 40.2 Å². The predicted octanol–water partition coefficient (Wildman–Crippen LogP) is 5.17. The number of allylic oxidation sites excluding steroid dienone is 2. The number of aliphatic hydroxyl groups is 2. The summed E-state index contributed by atoms with van der Waals surface area (Å²) < 4.78 is 0. The maximum Gasteiger partial charge on any atom is 2.00 e. The molecule has 0 aliphatic heterocycles. The van der Waals surface area contributed by atoms with E-state index >= 15 is 0 Å². The summed E-state index contributed by atoms with van der Waals surface area (Å²) in [5.74, 6) is -3.41. The molecular weight excluding hydrogens is 595 g/mol. The molecule has 2 aromatic carbocycles. The fourth-order valence-electron chi connectivity index (χ4n) is 4.78. The first kappa shape index (κ1) is 34.8. The summed E-state index contributed by atoms with van der Waals surface area (Å²) in [7, 11) is 0. The zero-order valence-electron chi connectivity index (χ0n) is 24.3. The van der Waals surface area contributed by atoms with E-state index in [1.54, 1.807) is 60.7 Å². The average Bonchev–Trinajstić information content (AvgIpc) is 2.87. The van der Waals surface area contributed by atoms with Gasteiger partial charge < -0.3 is 31.7 Å². The number of amides is 2.